The van der Waals surface area contributed by atoms with E-state index in [0.717, 1.165) is 21.0 Å². The van der Waals surface area contributed by atoms with Crippen molar-refractivity contribution in [3.63, 3.8) is 0 Å². The molecule has 2 N–H and O–H groups in total. The summed E-state index contributed by atoms with van der Waals surface area (Å²) in [4.78, 5) is 0. The van der Waals surface area contributed by atoms with Gasteiger partial charge in [0.15, 0.2) is 11.5 Å². The average molecular weight is 417 g/mol. The summed E-state index contributed by atoms with van der Waals surface area (Å²) < 4.78 is 11.6. The summed E-state index contributed by atoms with van der Waals surface area (Å²) in [6.07, 6.45) is 0. The number of ether oxygens (including phenoxy) is 2. The molecule has 3 rings (SSSR count). The topological polar surface area (TPSA) is 58.9 Å². The van der Waals surface area contributed by atoms with Crippen LogP contribution in [-0.4, -0.2) is 24.4 Å². The second kappa shape index (κ2) is 6.82. The standard InChI is InChI=1S/C21H21BrO4/c1-21(2,24)16-11-17(23)15-10-13(22)6-7-14(15)20(16)12-5-8-18(25-3)19(9-12)26-4/h5-11,23-24H,1-4H3. The van der Waals surface area contributed by atoms with Crippen molar-refractivity contribution in [2.45, 2.75) is 19.4 Å². The molecule has 5 heteroatoms. The van der Waals surface area contributed by atoms with Crippen LogP contribution >= 0.6 is 15.9 Å². The molecule has 0 spiro atoms. The molecule has 0 aliphatic heterocycles. The molecule has 0 radical (unpaired) electrons. The Kier molecular flexibility index (Phi) is 4.86. The normalized spacial score (nSPS) is 11.6. The van der Waals surface area contributed by atoms with Gasteiger partial charge in [-0.1, -0.05) is 28.1 Å². The highest BCUT2D eigenvalue weighted by Gasteiger charge is 2.25. The van der Waals surface area contributed by atoms with Crippen molar-refractivity contribution in [3.8, 4) is 28.4 Å². The van der Waals surface area contributed by atoms with Crippen LogP contribution in [-0.2, 0) is 5.60 Å². The molecular weight excluding hydrogens is 396 g/mol. The molecule has 0 aromatic heterocycles. The summed E-state index contributed by atoms with van der Waals surface area (Å²) in [6, 6.07) is 13.0. The lowest BCUT2D eigenvalue weighted by atomic mass is 9.85. The number of fused-ring (bicyclic) bond motifs is 1. The Balaban J connectivity index is 2.42. The van der Waals surface area contributed by atoms with Crippen molar-refractivity contribution in [1.82, 2.24) is 0 Å². The summed E-state index contributed by atoms with van der Waals surface area (Å²) >= 11 is 3.45. The van der Waals surface area contributed by atoms with E-state index < -0.39 is 5.60 Å². The first kappa shape index (κ1) is 18.5. The highest BCUT2D eigenvalue weighted by Crippen LogP contribution is 2.44. The second-order valence-electron chi connectivity index (χ2n) is 6.64. The van der Waals surface area contributed by atoms with Gasteiger partial charge in [0.2, 0.25) is 0 Å². The van der Waals surface area contributed by atoms with Crippen LogP contribution in [0.2, 0.25) is 0 Å². The third-order valence-electron chi connectivity index (χ3n) is 4.41. The van der Waals surface area contributed by atoms with Crippen LogP contribution < -0.4 is 9.47 Å². The Bertz CT molecular complexity index is 974. The number of rotatable bonds is 4. The van der Waals surface area contributed by atoms with Crippen LogP contribution in [0.25, 0.3) is 21.9 Å². The van der Waals surface area contributed by atoms with E-state index in [1.54, 1.807) is 34.1 Å². The number of methoxy groups -OCH3 is 2. The van der Waals surface area contributed by atoms with Crippen LogP contribution in [0, 0.1) is 0 Å². The third kappa shape index (κ3) is 3.24. The molecule has 0 aliphatic carbocycles. The average Bonchev–Trinajstić information content (AvgIpc) is 2.60. The van der Waals surface area contributed by atoms with Crippen molar-refractivity contribution in [3.05, 3.63) is 52.5 Å². The fourth-order valence-electron chi connectivity index (χ4n) is 3.16. The van der Waals surface area contributed by atoms with E-state index in [0.29, 0.717) is 22.4 Å². The summed E-state index contributed by atoms with van der Waals surface area (Å²) in [5, 5.41) is 22.8. The SMILES string of the molecule is COc1ccc(-c2c(C(C)(C)O)cc(O)c3cc(Br)ccc23)cc1OC. The summed E-state index contributed by atoms with van der Waals surface area (Å²) in [6.45, 7) is 3.41. The monoisotopic (exact) mass is 416 g/mol. The van der Waals surface area contributed by atoms with E-state index in [-0.39, 0.29) is 5.75 Å². The molecule has 0 saturated carbocycles. The summed E-state index contributed by atoms with van der Waals surface area (Å²) in [7, 11) is 3.18. The zero-order chi connectivity index (χ0) is 19.1. The van der Waals surface area contributed by atoms with Crippen LogP contribution in [0.15, 0.2) is 46.9 Å². The van der Waals surface area contributed by atoms with Crippen molar-refractivity contribution in [2.24, 2.45) is 0 Å². The Morgan fingerprint density at radius 3 is 2.19 bits per heavy atom. The number of phenols is 1. The van der Waals surface area contributed by atoms with E-state index >= 15 is 0 Å². The lowest BCUT2D eigenvalue weighted by Crippen LogP contribution is -2.17. The highest BCUT2D eigenvalue weighted by atomic mass is 79.9. The van der Waals surface area contributed by atoms with E-state index in [1.807, 2.05) is 36.4 Å². The predicted molar refractivity (Wildman–Crippen MR) is 107 cm³/mol. The molecular formula is C21H21BrO4. The van der Waals surface area contributed by atoms with Gasteiger partial charge in [-0.3, -0.25) is 0 Å². The Morgan fingerprint density at radius 2 is 1.58 bits per heavy atom. The lowest BCUT2D eigenvalue weighted by molar-refractivity contribution is 0.0791. The van der Waals surface area contributed by atoms with Crippen molar-refractivity contribution < 1.29 is 19.7 Å². The number of benzene rings is 3. The van der Waals surface area contributed by atoms with E-state index in [1.165, 1.54) is 0 Å². The summed E-state index contributed by atoms with van der Waals surface area (Å²) in [5.41, 5.74) is 1.21. The third-order valence-corrected chi connectivity index (χ3v) is 4.90. The van der Waals surface area contributed by atoms with Crippen LogP contribution in [0.1, 0.15) is 19.4 Å². The molecule has 26 heavy (non-hydrogen) atoms. The largest absolute Gasteiger partial charge is 0.507 e. The minimum Gasteiger partial charge on any atom is -0.507 e. The van der Waals surface area contributed by atoms with Gasteiger partial charge in [0.25, 0.3) is 0 Å². The predicted octanol–water partition coefficient (Wildman–Crippen LogP) is 5.22. The molecule has 136 valence electrons. The molecule has 0 unspecified atom stereocenters. The molecule has 0 saturated heterocycles. The number of aliphatic hydroxyl groups is 1. The van der Waals surface area contributed by atoms with Gasteiger partial charge in [-0.05, 0) is 66.3 Å². The fourth-order valence-corrected chi connectivity index (χ4v) is 3.52. The lowest BCUT2D eigenvalue weighted by Gasteiger charge is -2.24. The Labute approximate surface area is 161 Å². The molecule has 0 bridgehead atoms. The maximum atomic E-state index is 10.7. The second-order valence-corrected chi connectivity index (χ2v) is 7.55. The molecule has 0 heterocycles. The number of hydrogen-bond acceptors (Lipinski definition) is 4. The van der Waals surface area contributed by atoms with Gasteiger partial charge in [0, 0.05) is 9.86 Å². The van der Waals surface area contributed by atoms with Gasteiger partial charge >= 0.3 is 0 Å². The van der Waals surface area contributed by atoms with Gasteiger partial charge in [-0.25, -0.2) is 0 Å². The molecule has 0 fully saturated rings. The minimum absolute atomic E-state index is 0.127. The van der Waals surface area contributed by atoms with Crippen molar-refractivity contribution in [2.75, 3.05) is 14.2 Å². The van der Waals surface area contributed by atoms with Crippen molar-refractivity contribution >= 4 is 26.7 Å². The molecule has 4 nitrogen and oxygen atoms in total. The zero-order valence-corrected chi connectivity index (χ0v) is 16.7. The molecule has 0 amide bonds. The maximum Gasteiger partial charge on any atom is 0.161 e. The van der Waals surface area contributed by atoms with Gasteiger partial charge < -0.3 is 19.7 Å². The van der Waals surface area contributed by atoms with Gasteiger partial charge in [0.05, 0.1) is 19.8 Å². The zero-order valence-electron chi connectivity index (χ0n) is 15.1. The number of hydrogen-bond donors (Lipinski definition) is 2. The Hall–Kier alpha value is -2.24. The van der Waals surface area contributed by atoms with Crippen molar-refractivity contribution in [1.29, 1.82) is 0 Å². The first-order valence-electron chi connectivity index (χ1n) is 8.16. The molecule has 3 aromatic carbocycles. The van der Waals surface area contributed by atoms with E-state index in [9.17, 15) is 10.2 Å². The summed E-state index contributed by atoms with van der Waals surface area (Å²) in [5.74, 6) is 1.36. The number of aromatic hydroxyl groups is 1. The fraction of sp³-hybridized carbons (Fsp3) is 0.238. The van der Waals surface area contributed by atoms with Crippen LogP contribution in [0.5, 0.6) is 17.2 Å². The van der Waals surface area contributed by atoms with E-state index in [4.69, 9.17) is 9.47 Å². The highest BCUT2D eigenvalue weighted by molar-refractivity contribution is 9.10. The quantitative estimate of drug-likeness (QED) is 0.611. The van der Waals surface area contributed by atoms with Gasteiger partial charge in [-0.2, -0.15) is 0 Å². The smallest absolute Gasteiger partial charge is 0.161 e. The first-order valence-corrected chi connectivity index (χ1v) is 8.96. The van der Waals surface area contributed by atoms with Crippen LogP contribution in [0.4, 0.5) is 0 Å². The minimum atomic E-state index is -1.14. The van der Waals surface area contributed by atoms with Gasteiger partial charge in [-0.15, -0.1) is 0 Å². The van der Waals surface area contributed by atoms with Crippen LogP contribution in [0.3, 0.4) is 0 Å². The first-order chi connectivity index (χ1) is 12.3. The van der Waals surface area contributed by atoms with Gasteiger partial charge in [0.1, 0.15) is 5.75 Å². The maximum absolute atomic E-state index is 10.7. The number of phenolic OH excluding ortho intramolecular Hbond substituents is 1. The molecule has 3 aromatic rings. The van der Waals surface area contributed by atoms with E-state index in [2.05, 4.69) is 15.9 Å². The molecule has 0 aliphatic rings. The number of halogens is 1. The molecule has 0 atom stereocenters. The Morgan fingerprint density at radius 1 is 0.885 bits per heavy atom.